The van der Waals surface area contributed by atoms with Gasteiger partial charge in [-0.05, 0) is 81.9 Å². The van der Waals surface area contributed by atoms with Crippen LogP contribution in [0, 0.1) is 0 Å². The Kier molecular flexibility index (Phi) is 16.3. The molecular weight excluding hydrogens is 519 g/mol. The molecule has 5 nitrogen and oxygen atoms in total. The monoisotopic (exact) mass is 560 g/mol. The predicted octanol–water partition coefficient (Wildman–Crippen LogP) is 6.78. The van der Waals surface area contributed by atoms with Crippen molar-refractivity contribution in [2.24, 2.45) is 0 Å². The highest BCUT2D eigenvalue weighted by Gasteiger charge is 2.26. The number of aromatic hydroxyl groups is 2. The maximum absolute atomic E-state index is 10.2. The summed E-state index contributed by atoms with van der Waals surface area (Å²) in [7, 11) is 0. The van der Waals surface area contributed by atoms with Crippen molar-refractivity contribution in [3.05, 3.63) is 52.5 Å². The van der Waals surface area contributed by atoms with E-state index in [2.05, 4.69) is 17.1 Å². The fourth-order valence-electron chi connectivity index (χ4n) is 4.79. The average molecular weight is 562 g/mol. The van der Waals surface area contributed by atoms with Gasteiger partial charge in [0.05, 0.1) is 5.02 Å². The van der Waals surface area contributed by atoms with Gasteiger partial charge in [-0.1, -0.05) is 56.0 Å². The molecule has 0 spiro atoms. The Morgan fingerprint density at radius 3 is 2.50 bits per heavy atom. The second-order valence-electron chi connectivity index (χ2n) is 9.30. The number of halogens is 3. The second-order valence-corrected chi connectivity index (χ2v) is 9.71. The van der Waals surface area contributed by atoms with Crippen molar-refractivity contribution in [1.29, 1.82) is 0 Å². The molecule has 1 atom stereocenters. The third-order valence-corrected chi connectivity index (χ3v) is 7.09. The van der Waals surface area contributed by atoms with E-state index in [1.807, 2.05) is 30.3 Å². The van der Waals surface area contributed by atoms with Crippen molar-refractivity contribution in [2.75, 3.05) is 32.8 Å². The van der Waals surface area contributed by atoms with E-state index in [0.717, 1.165) is 56.8 Å². The fourth-order valence-corrected chi connectivity index (χ4v) is 4.98. The highest BCUT2D eigenvalue weighted by atomic mass is 35.5. The summed E-state index contributed by atoms with van der Waals surface area (Å²) in [4.78, 5) is 2.67. The lowest BCUT2D eigenvalue weighted by atomic mass is 9.86. The van der Waals surface area contributed by atoms with Crippen molar-refractivity contribution in [1.82, 2.24) is 10.2 Å². The third-order valence-electron chi connectivity index (χ3n) is 6.78. The van der Waals surface area contributed by atoms with Crippen LogP contribution in [0.25, 0.3) is 0 Å². The van der Waals surface area contributed by atoms with Gasteiger partial charge in [0.1, 0.15) is 12.4 Å². The van der Waals surface area contributed by atoms with Crippen LogP contribution in [-0.4, -0.2) is 53.9 Å². The minimum absolute atomic E-state index is 0. The summed E-state index contributed by atoms with van der Waals surface area (Å²) in [6.45, 7) is 7.00. The lowest BCUT2D eigenvalue weighted by molar-refractivity contribution is 0.172. The van der Waals surface area contributed by atoms with Gasteiger partial charge in [0.25, 0.3) is 0 Å². The number of nitrogens with one attached hydrogen (secondary N) is 1. The van der Waals surface area contributed by atoms with Gasteiger partial charge >= 0.3 is 0 Å². The number of phenolic OH excluding ortho intramolecular Hbond substituents is 2. The average Bonchev–Trinajstić information content (AvgIpc) is 2.85. The summed E-state index contributed by atoms with van der Waals surface area (Å²) in [6.07, 6.45) is 10.2. The molecule has 8 heteroatoms. The molecule has 1 aliphatic rings. The summed E-state index contributed by atoms with van der Waals surface area (Å²) in [5, 5.41) is 24.1. The van der Waals surface area contributed by atoms with Gasteiger partial charge in [0.2, 0.25) is 0 Å². The Bertz CT molecular complexity index is 885. The zero-order chi connectivity index (χ0) is 24.2. The Labute approximate surface area is 234 Å². The normalized spacial score (nSPS) is 14.6. The molecule has 2 aromatic carbocycles. The van der Waals surface area contributed by atoms with E-state index < -0.39 is 0 Å². The van der Waals surface area contributed by atoms with Crippen LogP contribution in [0.3, 0.4) is 0 Å². The lowest BCUT2D eigenvalue weighted by Gasteiger charge is -2.35. The maximum atomic E-state index is 10.2. The smallest absolute Gasteiger partial charge is 0.160 e. The van der Waals surface area contributed by atoms with Gasteiger partial charge in [-0.15, -0.1) is 24.8 Å². The largest absolute Gasteiger partial charge is 0.504 e. The summed E-state index contributed by atoms with van der Waals surface area (Å²) in [6, 6.07) is 11.7. The van der Waals surface area contributed by atoms with E-state index in [-0.39, 0.29) is 36.3 Å². The van der Waals surface area contributed by atoms with Crippen LogP contribution in [0.4, 0.5) is 0 Å². The van der Waals surface area contributed by atoms with Crippen LogP contribution in [0.15, 0.2) is 36.4 Å². The van der Waals surface area contributed by atoms with Crippen molar-refractivity contribution < 1.29 is 14.9 Å². The molecule has 0 aliphatic heterocycles. The second kappa shape index (κ2) is 18.0. The zero-order valence-corrected chi connectivity index (χ0v) is 23.8. The molecule has 1 aliphatic carbocycles. The van der Waals surface area contributed by atoms with Crippen LogP contribution >= 0.6 is 36.4 Å². The van der Waals surface area contributed by atoms with Gasteiger partial charge in [-0.25, -0.2) is 0 Å². The van der Waals surface area contributed by atoms with Crippen LogP contribution < -0.4 is 10.1 Å². The van der Waals surface area contributed by atoms with Gasteiger partial charge in [-0.3, -0.25) is 0 Å². The van der Waals surface area contributed by atoms with Crippen LogP contribution in [0.1, 0.15) is 63.0 Å². The minimum Gasteiger partial charge on any atom is -0.504 e. The molecule has 3 rings (SSSR count). The fraction of sp³-hybridized carbons (Fsp3) is 0.571. The van der Waals surface area contributed by atoms with Crippen molar-refractivity contribution in [2.45, 2.75) is 70.8 Å². The molecule has 0 amide bonds. The zero-order valence-electron chi connectivity index (χ0n) is 21.4. The number of benzene rings is 2. The van der Waals surface area contributed by atoms with Crippen LogP contribution in [0.5, 0.6) is 17.2 Å². The molecule has 0 bridgehead atoms. The van der Waals surface area contributed by atoms with E-state index in [9.17, 15) is 10.2 Å². The standard InChI is InChI=1S/C28H41ClN2O3.2ClH/c1-2-3-18-31(23-13-14-24-22(21-23)12-15-26(32)28(24)33)19-9-5-4-8-16-30-17-20-34-27-11-7-6-10-25(27)29;;/h6-7,10-12,15,23,30,32-33H,2-5,8-9,13-14,16-21H2,1H3;2*1H. The number of para-hydroxylation sites is 1. The Hall–Kier alpha value is -1.37. The quantitative estimate of drug-likeness (QED) is 0.165. The Morgan fingerprint density at radius 1 is 0.972 bits per heavy atom. The number of hydrogen-bond donors (Lipinski definition) is 3. The van der Waals surface area contributed by atoms with Gasteiger partial charge in [-0.2, -0.15) is 0 Å². The molecule has 0 saturated carbocycles. The van der Waals surface area contributed by atoms with Crippen LogP contribution in [0.2, 0.25) is 5.02 Å². The minimum atomic E-state index is 0. The summed E-state index contributed by atoms with van der Waals surface area (Å²) in [5.74, 6) is 0.831. The molecular formula is C28H43Cl3N2O3. The van der Waals surface area contributed by atoms with Crippen molar-refractivity contribution >= 4 is 36.4 Å². The van der Waals surface area contributed by atoms with E-state index in [0.29, 0.717) is 17.7 Å². The molecule has 0 radical (unpaired) electrons. The lowest BCUT2D eigenvalue weighted by Crippen LogP contribution is -2.40. The van der Waals surface area contributed by atoms with Crippen LogP contribution in [-0.2, 0) is 12.8 Å². The first-order valence-electron chi connectivity index (χ1n) is 12.9. The summed E-state index contributed by atoms with van der Waals surface area (Å²) >= 11 is 6.10. The van der Waals surface area contributed by atoms with Crippen molar-refractivity contribution in [3.63, 3.8) is 0 Å². The maximum Gasteiger partial charge on any atom is 0.160 e. The summed E-state index contributed by atoms with van der Waals surface area (Å²) in [5.41, 5.74) is 2.13. The number of rotatable bonds is 15. The molecule has 0 fully saturated rings. The summed E-state index contributed by atoms with van der Waals surface area (Å²) < 4.78 is 5.71. The van der Waals surface area contributed by atoms with Gasteiger partial charge < -0.3 is 25.2 Å². The van der Waals surface area contributed by atoms with Gasteiger partial charge in [0, 0.05) is 18.2 Å². The molecule has 3 N–H and O–H groups in total. The number of fused-ring (bicyclic) bond motifs is 1. The molecule has 2 aromatic rings. The number of phenols is 2. The Balaban J connectivity index is 0.00000324. The first kappa shape index (κ1) is 32.7. The molecule has 36 heavy (non-hydrogen) atoms. The first-order chi connectivity index (χ1) is 16.6. The molecule has 204 valence electrons. The molecule has 0 aromatic heterocycles. The number of hydrogen-bond acceptors (Lipinski definition) is 5. The highest BCUT2D eigenvalue weighted by Crippen LogP contribution is 2.36. The highest BCUT2D eigenvalue weighted by molar-refractivity contribution is 6.32. The number of unbranched alkanes of at least 4 members (excludes halogenated alkanes) is 4. The predicted molar refractivity (Wildman–Crippen MR) is 155 cm³/mol. The molecule has 0 saturated heterocycles. The van der Waals surface area contributed by atoms with Crippen molar-refractivity contribution in [3.8, 4) is 17.2 Å². The van der Waals surface area contributed by atoms with E-state index in [1.165, 1.54) is 44.1 Å². The van der Waals surface area contributed by atoms with E-state index in [4.69, 9.17) is 16.3 Å². The first-order valence-corrected chi connectivity index (χ1v) is 13.3. The number of ether oxygens (including phenoxy) is 1. The molecule has 1 unspecified atom stereocenters. The third kappa shape index (κ3) is 10.2. The Morgan fingerprint density at radius 2 is 1.72 bits per heavy atom. The van der Waals surface area contributed by atoms with E-state index >= 15 is 0 Å². The van der Waals surface area contributed by atoms with Gasteiger partial charge in [0.15, 0.2) is 11.5 Å². The number of nitrogens with zero attached hydrogens (tertiary/aromatic N) is 1. The topological polar surface area (TPSA) is 65.0 Å². The SMILES string of the molecule is CCCCN(CCCCCCNCCOc1ccccc1Cl)C1CCc2c(ccc(O)c2O)C1.Cl.Cl. The van der Waals surface area contributed by atoms with E-state index in [1.54, 1.807) is 6.07 Å². The molecule has 0 heterocycles.